The van der Waals surface area contributed by atoms with Crippen molar-refractivity contribution in [3.8, 4) is 0 Å². The van der Waals surface area contributed by atoms with Crippen molar-refractivity contribution in [2.45, 2.75) is 11.3 Å². The highest BCUT2D eigenvalue weighted by Gasteiger charge is 2.17. The molecule has 2 N–H and O–H groups in total. The number of benzene rings is 1. The Balaban J connectivity index is 2.08. The smallest absolute Gasteiger partial charge is 0.337 e. The van der Waals surface area contributed by atoms with Gasteiger partial charge in [0.1, 0.15) is 0 Å². The van der Waals surface area contributed by atoms with Crippen molar-refractivity contribution >= 4 is 27.6 Å². The van der Waals surface area contributed by atoms with Crippen LogP contribution in [0.5, 0.6) is 0 Å². The van der Waals surface area contributed by atoms with Gasteiger partial charge >= 0.3 is 5.97 Å². The molecule has 0 saturated heterocycles. The summed E-state index contributed by atoms with van der Waals surface area (Å²) in [6.07, 6.45) is 1.41. The number of nitrogens with one attached hydrogen (secondary N) is 1. The fourth-order valence-corrected chi connectivity index (χ4v) is 2.90. The van der Waals surface area contributed by atoms with Crippen LogP contribution >= 0.6 is 11.6 Å². The number of hydrogen-bond donors (Lipinski definition) is 2. The quantitative estimate of drug-likeness (QED) is 0.807. The molecule has 8 nitrogen and oxygen atoms in total. The monoisotopic (exact) mass is 331 g/mol. The maximum absolute atomic E-state index is 12.0. The van der Waals surface area contributed by atoms with Gasteiger partial charge in [-0.2, -0.15) is 4.98 Å². The lowest BCUT2D eigenvalue weighted by Crippen LogP contribution is -2.26. The number of rotatable bonds is 6. The second-order valence-corrected chi connectivity index (χ2v) is 6.12. The largest absolute Gasteiger partial charge is 0.478 e. The molecule has 0 unspecified atom stereocenters. The van der Waals surface area contributed by atoms with Gasteiger partial charge in [-0.25, -0.2) is 17.9 Å². The van der Waals surface area contributed by atoms with Gasteiger partial charge in [-0.15, -0.1) is 0 Å². The van der Waals surface area contributed by atoms with E-state index in [1.54, 1.807) is 0 Å². The van der Waals surface area contributed by atoms with Crippen LogP contribution in [0.1, 0.15) is 16.2 Å². The molecule has 0 atom stereocenters. The van der Waals surface area contributed by atoms with E-state index in [1.807, 2.05) is 0 Å². The Bertz CT molecular complexity index is 745. The molecular formula is C11H10ClN3O5S. The van der Waals surface area contributed by atoms with Crippen LogP contribution in [-0.4, -0.2) is 36.2 Å². The molecule has 1 heterocycles. The third-order valence-electron chi connectivity index (χ3n) is 2.53. The van der Waals surface area contributed by atoms with Crippen LogP contribution in [0.3, 0.4) is 0 Å². The second kappa shape index (κ2) is 6.20. The van der Waals surface area contributed by atoms with Crippen LogP contribution in [0, 0.1) is 0 Å². The molecule has 10 heteroatoms. The van der Waals surface area contributed by atoms with Crippen molar-refractivity contribution in [3.63, 3.8) is 0 Å². The minimum atomic E-state index is -3.79. The number of aromatic carboxylic acids is 1. The topological polar surface area (TPSA) is 122 Å². The van der Waals surface area contributed by atoms with Crippen molar-refractivity contribution in [2.75, 3.05) is 6.54 Å². The van der Waals surface area contributed by atoms with Gasteiger partial charge in [0.25, 0.3) is 0 Å². The lowest BCUT2D eigenvalue weighted by atomic mass is 10.2. The van der Waals surface area contributed by atoms with Crippen molar-refractivity contribution in [1.29, 1.82) is 0 Å². The van der Waals surface area contributed by atoms with Crippen molar-refractivity contribution in [1.82, 2.24) is 14.9 Å². The van der Waals surface area contributed by atoms with Crippen LogP contribution in [-0.2, 0) is 16.4 Å². The highest BCUT2D eigenvalue weighted by molar-refractivity contribution is 7.89. The molecule has 0 radical (unpaired) electrons. The number of aromatic nitrogens is 2. The summed E-state index contributed by atoms with van der Waals surface area (Å²) in [5.41, 5.74) is -0.164. The van der Waals surface area contributed by atoms with Crippen molar-refractivity contribution in [2.24, 2.45) is 0 Å². The molecule has 0 aliphatic heterocycles. The third-order valence-corrected chi connectivity index (χ3v) is 4.30. The molecule has 0 saturated carbocycles. The van der Waals surface area contributed by atoms with Gasteiger partial charge in [-0.1, -0.05) is 16.8 Å². The normalized spacial score (nSPS) is 11.5. The SMILES string of the molecule is O=C(O)c1ccc(S(=O)(=O)NCCc2ncon2)cc1Cl. The van der Waals surface area contributed by atoms with Gasteiger partial charge in [0.2, 0.25) is 16.4 Å². The van der Waals surface area contributed by atoms with Gasteiger partial charge in [0.05, 0.1) is 15.5 Å². The Morgan fingerprint density at radius 3 is 2.76 bits per heavy atom. The van der Waals surface area contributed by atoms with E-state index in [4.69, 9.17) is 16.7 Å². The number of nitrogens with zero attached hydrogens (tertiary/aromatic N) is 2. The van der Waals surface area contributed by atoms with E-state index in [9.17, 15) is 13.2 Å². The standard InChI is InChI=1S/C11H10ClN3O5S/c12-9-5-7(1-2-8(9)11(16)17)21(18,19)14-4-3-10-13-6-20-15-10/h1-2,5-6,14H,3-4H2,(H,16,17). The highest BCUT2D eigenvalue weighted by atomic mass is 35.5. The number of carbonyl (C=O) groups is 1. The van der Waals surface area contributed by atoms with Gasteiger partial charge < -0.3 is 9.63 Å². The Kier molecular flexibility index (Phi) is 4.56. The fourth-order valence-electron chi connectivity index (χ4n) is 1.52. The summed E-state index contributed by atoms with van der Waals surface area (Å²) >= 11 is 5.74. The van der Waals surface area contributed by atoms with Gasteiger partial charge in [0, 0.05) is 13.0 Å². The first-order valence-electron chi connectivity index (χ1n) is 5.68. The molecule has 1 aromatic heterocycles. The Hall–Kier alpha value is -1.97. The summed E-state index contributed by atoms with van der Waals surface area (Å²) in [7, 11) is -3.79. The average Bonchev–Trinajstić information content (AvgIpc) is 2.91. The molecule has 0 bridgehead atoms. The molecule has 0 aliphatic rings. The van der Waals surface area contributed by atoms with E-state index in [0.29, 0.717) is 5.82 Å². The number of halogens is 1. The van der Waals surface area contributed by atoms with E-state index in [2.05, 4.69) is 19.4 Å². The van der Waals surface area contributed by atoms with E-state index in [-0.39, 0.29) is 28.4 Å². The molecule has 112 valence electrons. The number of carboxylic acid groups (broad SMARTS) is 1. The summed E-state index contributed by atoms with van der Waals surface area (Å²) in [6.45, 7) is 0.0696. The van der Waals surface area contributed by atoms with Crippen LogP contribution in [0.4, 0.5) is 0 Å². The molecule has 0 fully saturated rings. The molecule has 2 aromatic rings. The maximum atomic E-state index is 12.0. The van der Waals surface area contributed by atoms with Gasteiger partial charge in [0.15, 0.2) is 5.82 Å². The highest BCUT2D eigenvalue weighted by Crippen LogP contribution is 2.20. The molecule has 0 spiro atoms. The first-order chi connectivity index (χ1) is 9.90. The van der Waals surface area contributed by atoms with Crippen LogP contribution in [0.15, 0.2) is 34.0 Å². The molecule has 0 amide bonds. The molecule has 1 aromatic carbocycles. The predicted molar refractivity (Wildman–Crippen MR) is 71.6 cm³/mol. The summed E-state index contributed by atoms with van der Waals surface area (Å²) < 4.78 is 30.9. The minimum Gasteiger partial charge on any atom is -0.478 e. The Morgan fingerprint density at radius 1 is 1.43 bits per heavy atom. The van der Waals surface area contributed by atoms with E-state index >= 15 is 0 Å². The summed E-state index contributed by atoms with van der Waals surface area (Å²) in [5.74, 6) is -0.856. The Morgan fingerprint density at radius 2 is 2.19 bits per heavy atom. The first kappa shape index (κ1) is 15.4. The maximum Gasteiger partial charge on any atom is 0.337 e. The summed E-state index contributed by atoms with van der Waals surface area (Å²) in [6, 6.07) is 3.39. The molecule has 2 rings (SSSR count). The van der Waals surface area contributed by atoms with Crippen LogP contribution in [0.25, 0.3) is 0 Å². The number of hydrogen-bond acceptors (Lipinski definition) is 6. The zero-order valence-electron chi connectivity index (χ0n) is 10.5. The summed E-state index contributed by atoms with van der Waals surface area (Å²) in [4.78, 5) is 14.4. The second-order valence-electron chi connectivity index (χ2n) is 3.94. The van der Waals surface area contributed by atoms with Crippen molar-refractivity contribution < 1.29 is 22.8 Å². The first-order valence-corrected chi connectivity index (χ1v) is 7.54. The fraction of sp³-hybridized carbons (Fsp3) is 0.182. The van der Waals surface area contributed by atoms with Gasteiger partial charge in [-0.3, -0.25) is 0 Å². The lowest BCUT2D eigenvalue weighted by molar-refractivity contribution is 0.0697. The zero-order valence-corrected chi connectivity index (χ0v) is 12.1. The van der Waals surface area contributed by atoms with Gasteiger partial charge in [-0.05, 0) is 18.2 Å². The average molecular weight is 332 g/mol. The minimum absolute atomic E-state index is 0.0696. The van der Waals surface area contributed by atoms with Crippen LogP contribution < -0.4 is 4.72 Å². The van der Waals surface area contributed by atoms with E-state index in [1.165, 1.54) is 6.07 Å². The number of sulfonamides is 1. The predicted octanol–water partition coefficient (Wildman–Crippen LogP) is 0.942. The van der Waals surface area contributed by atoms with E-state index < -0.39 is 16.0 Å². The van der Waals surface area contributed by atoms with E-state index in [0.717, 1.165) is 18.5 Å². The van der Waals surface area contributed by atoms with Crippen molar-refractivity contribution in [3.05, 3.63) is 41.0 Å². The van der Waals surface area contributed by atoms with Crippen LogP contribution in [0.2, 0.25) is 5.02 Å². The lowest BCUT2D eigenvalue weighted by Gasteiger charge is -2.07. The molecule has 0 aliphatic carbocycles. The zero-order chi connectivity index (χ0) is 15.5. The molecule has 21 heavy (non-hydrogen) atoms. The molecular weight excluding hydrogens is 322 g/mol. The summed E-state index contributed by atoms with van der Waals surface area (Å²) in [5, 5.41) is 12.2. The number of carboxylic acids is 1. The third kappa shape index (κ3) is 3.78. The Labute approximate surface area is 124 Å².